The van der Waals surface area contributed by atoms with Crippen molar-refractivity contribution in [3.8, 4) is 13.1 Å². The molecule has 2 rings (SSSR count). The van der Waals surface area contributed by atoms with Gasteiger partial charge in [-0.15, -0.1) is 0 Å². The van der Waals surface area contributed by atoms with E-state index in [0.717, 1.165) is 0 Å². The lowest BCUT2D eigenvalue weighted by molar-refractivity contribution is -0.160. The van der Waals surface area contributed by atoms with Crippen molar-refractivity contribution < 1.29 is 14.6 Å². The normalized spacial score (nSPS) is 48.1. The first-order valence-electron chi connectivity index (χ1n) is 4.01. The van der Waals surface area contributed by atoms with Crippen molar-refractivity contribution >= 4 is 0 Å². The standard InChI is InChI=1S/C8H10N2O3/c1-9-7-3-4-12-8(7,10-2)13-5-6(7)11/h1-2,6,11H,3-5H2/q+2/t6-,7+,8-/m0/s1. The molecule has 5 heteroatoms. The summed E-state index contributed by atoms with van der Waals surface area (Å²) >= 11 is 0. The van der Waals surface area contributed by atoms with E-state index in [4.69, 9.17) is 22.6 Å². The van der Waals surface area contributed by atoms with E-state index in [0.29, 0.717) is 13.0 Å². The second-order valence-electron chi connectivity index (χ2n) is 3.19. The number of fused-ring (bicyclic) bond motifs is 1. The van der Waals surface area contributed by atoms with Crippen LogP contribution in [-0.4, -0.2) is 35.9 Å². The lowest BCUT2D eigenvalue weighted by Gasteiger charge is -2.09. The van der Waals surface area contributed by atoms with Crippen LogP contribution < -0.4 is 0 Å². The topological polar surface area (TPSA) is 47.4 Å². The smallest absolute Gasteiger partial charge is 0.382 e. The molecule has 2 saturated heterocycles. The highest BCUT2D eigenvalue weighted by Gasteiger charge is 2.85. The minimum Gasteiger partial charge on any atom is -0.382 e. The van der Waals surface area contributed by atoms with Crippen LogP contribution in [0.1, 0.15) is 6.42 Å². The Kier molecular flexibility index (Phi) is 1.58. The summed E-state index contributed by atoms with van der Waals surface area (Å²) in [6.07, 6.45) is -0.349. The molecule has 0 unspecified atom stereocenters. The maximum absolute atomic E-state index is 9.65. The second-order valence-corrected chi connectivity index (χ2v) is 3.19. The van der Waals surface area contributed by atoms with Crippen LogP contribution in [0.3, 0.4) is 0 Å². The third-order valence-corrected chi connectivity index (χ3v) is 2.72. The zero-order valence-electron chi connectivity index (χ0n) is 7.01. The molecule has 0 bridgehead atoms. The van der Waals surface area contributed by atoms with E-state index in [9.17, 15) is 5.11 Å². The summed E-state index contributed by atoms with van der Waals surface area (Å²) in [7, 11) is 0. The maximum atomic E-state index is 9.65. The third kappa shape index (κ3) is 0.744. The zero-order valence-corrected chi connectivity index (χ0v) is 7.01. The lowest BCUT2D eigenvalue weighted by atomic mass is 9.90. The Hall–Kier alpha value is -1.14. The molecule has 3 atom stereocenters. The fraction of sp³-hybridized carbons (Fsp3) is 0.750. The van der Waals surface area contributed by atoms with Gasteiger partial charge in [-0.25, -0.2) is 0 Å². The van der Waals surface area contributed by atoms with Crippen LogP contribution in [0.25, 0.3) is 9.69 Å². The maximum Gasteiger partial charge on any atom is 0.587 e. The van der Waals surface area contributed by atoms with E-state index >= 15 is 0 Å². The van der Waals surface area contributed by atoms with Crippen LogP contribution in [0.2, 0.25) is 0 Å². The average Bonchev–Trinajstić information content (AvgIpc) is 2.64. The predicted octanol–water partition coefficient (Wildman–Crippen LogP) is 0.116. The van der Waals surface area contributed by atoms with Gasteiger partial charge in [-0.3, -0.25) is 9.47 Å². The van der Waals surface area contributed by atoms with Crippen molar-refractivity contribution in [2.24, 2.45) is 0 Å². The van der Waals surface area contributed by atoms with Crippen LogP contribution >= 0.6 is 0 Å². The van der Waals surface area contributed by atoms with Gasteiger partial charge in [0.2, 0.25) is 0 Å². The molecule has 13 heavy (non-hydrogen) atoms. The Labute approximate surface area is 75.5 Å². The Morgan fingerprint density at radius 3 is 2.62 bits per heavy atom. The first-order chi connectivity index (χ1) is 6.21. The van der Waals surface area contributed by atoms with E-state index < -0.39 is 17.6 Å². The van der Waals surface area contributed by atoms with Gasteiger partial charge in [-0.05, 0) is 4.85 Å². The van der Waals surface area contributed by atoms with Gasteiger partial charge in [0.05, 0.1) is 19.6 Å². The summed E-state index contributed by atoms with van der Waals surface area (Å²) in [6.45, 7) is 10.9. The minimum atomic E-state index is -1.37. The van der Waals surface area contributed by atoms with E-state index in [1.54, 1.807) is 0 Å². The number of ether oxygens (including phenoxy) is 2. The molecule has 0 radical (unpaired) electrons. The van der Waals surface area contributed by atoms with Gasteiger partial charge in [-0.2, -0.15) is 0 Å². The van der Waals surface area contributed by atoms with Gasteiger partial charge in [0, 0.05) is 0 Å². The highest BCUT2D eigenvalue weighted by Crippen LogP contribution is 2.48. The van der Waals surface area contributed by atoms with E-state index in [-0.39, 0.29) is 6.61 Å². The monoisotopic (exact) mass is 182 g/mol. The molecule has 0 aliphatic carbocycles. The van der Waals surface area contributed by atoms with Gasteiger partial charge < -0.3 is 5.11 Å². The van der Waals surface area contributed by atoms with Crippen LogP contribution in [0.5, 0.6) is 0 Å². The van der Waals surface area contributed by atoms with E-state index in [1.165, 1.54) is 0 Å². The largest absolute Gasteiger partial charge is 0.587 e. The minimum absolute atomic E-state index is 0.0847. The Bertz CT molecular complexity index is 318. The number of hydrogen-bond donors (Lipinski definition) is 1. The van der Waals surface area contributed by atoms with E-state index in [1.807, 2.05) is 0 Å². The van der Waals surface area contributed by atoms with Crippen molar-refractivity contribution in [3.05, 3.63) is 9.69 Å². The molecule has 1 N–H and O–H groups in total. The van der Waals surface area contributed by atoms with Gasteiger partial charge in [-0.1, -0.05) is 4.85 Å². The molecule has 2 fully saturated rings. The molecule has 2 aliphatic heterocycles. The fourth-order valence-electron chi connectivity index (χ4n) is 1.92. The Morgan fingerprint density at radius 1 is 1.31 bits per heavy atom. The summed E-state index contributed by atoms with van der Waals surface area (Å²) in [5.74, 6) is -1.37. The first kappa shape index (κ1) is 8.46. The van der Waals surface area contributed by atoms with Gasteiger partial charge in [0.15, 0.2) is 6.10 Å². The van der Waals surface area contributed by atoms with Crippen molar-refractivity contribution in [2.45, 2.75) is 24.0 Å². The molecule has 0 amide bonds. The zero-order chi connectivity index (χ0) is 9.53. The third-order valence-electron chi connectivity index (χ3n) is 2.72. The quantitative estimate of drug-likeness (QED) is 0.578. The van der Waals surface area contributed by atoms with Crippen molar-refractivity contribution in [3.63, 3.8) is 0 Å². The summed E-state index contributed by atoms with van der Waals surface area (Å²) in [5, 5.41) is 9.65. The van der Waals surface area contributed by atoms with Crippen molar-refractivity contribution in [2.75, 3.05) is 13.2 Å². The Balaban J connectivity index is 2.50. The van der Waals surface area contributed by atoms with Crippen molar-refractivity contribution in [1.82, 2.24) is 0 Å². The molecular formula is C8H10N2O3+2. The van der Waals surface area contributed by atoms with Crippen LogP contribution in [0.4, 0.5) is 0 Å². The molecule has 0 aromatic rings. The van der Waals surface area contributed by atoms with Gasteiger partial charge in [0.1, 0.15) is 0 Å². The molecule has 2 aliphatic rings. The lowest BCUT2D eigenvalue weighted by Crippen LogP contribution is -2.48. The predicted molar refractivity (Wildman–Crippen MR) is 44.6 cm³/mol. The highest BCUT2D eigenvalue weighted by molar-refractivity contribution is 5.24. The van der Waals surface area contributed by atoms with Crippen LogP contribution in [-0.2, 0) is 9.47 Å². The number of hydrogen-bond acceptors (Lipinski definition) is 3. The summed E-state index contributed by atoms with van der Waals surface area (Å²) in [4.78, 5) is 7.13. The SMILES string of the molecule is C#[N+][C@]12OCC[C@@]1([N+]#C)[C@@H](O)CO2. The fourth-order valence-corrected chi connectivity index (χ4v) is 1.92. The molecule has 0 spiro atoms. The molecular weight excluding hydrogens is 172 g/mol. The molecule has 68 valence electrons. The summed E-state index contributed by atoms with van der Waals surface area (Å²) in [5.41, 5.74) is -1.03. The molecule has 0 aromatic heterocycles. The second kappa shape index (κ2) is 2.43. The summed E-state index contributed by atoms with van der Waals surface area (Å²) in [6, 6.07) is 0. The average molecular weight is 182 g/mol. The summed E-state index contributed by atoms with van der Waals surface area (Å²) < 4.78 is 10.4. The molecule has 5 nitrogen and oxygen atoms in total. The van der Waals surface area contributed by atoms with Gasteiger partial charge in [0.25, 0.3) is 13.1 Å². The van der Waals surface area contributed by atoms with Crippen LogP contribution in [0, 0.1) is 13.1 Å². The molecule has 2 heterocycles. The number of rotatable bonds is 0. The number of nitrogens with zero attached hydrogens (tertiary/aromatic N) is 2. The van der Waals surface area contributed by atoms with E-state index in [2.05, 4.69) is 9.69 Å². The molecule has 0 saturated carbocycles. The number of aliphatic hydroxyl groups is 1. The first-order valence-corrected chi connectivity index (χ1v) is 4.01. The number of aliphatic hydroxyl groups excluding tert-OH is 1. The molecule has 0 aromatic carbocycles. The van der Waals surface area contributed by atoms with Crippen molar-refractivity contribution in [1.29, 1.82) is 0 Å². The van der Waals surface area contributed by atoms with Gasteiger partial charge >= 0.3 is 11.4 Å². The Morgan fingerprint density at radius 2 is 2.08 bits per heavy atom. The highest BCUT2D eigenvalue weighted by atomic mass is 16.7. The van der Waals surface area contributed by atoms with Crippen LogP contribution in [0.15, 0.2) is 0 Å².